The average molecular weight is 362 g/mol. The third kappa shape index (κ3) is 3.78. The van der Waals surface area contributed by atoms with Crippen LogP contribution in [0.15, 0.2) is 58.3 Å². The highest BCUT2D eigenvalue weighted by molar-refractivity contribution is 7.91. The Labute approximate surface area is 146 Å². The molecule has 0 radical (unpaired) electrons. The zero-order valence-electron chi connectivity index (χ0n) is 13.5. The van der Waals surface area contributed by atoms with Crippen molar-refractivity contribution in [2.75, 3.05) is 26.4 Å². The Morgan fingerprint density at radius 2 is 1.52 bits per heavy atom. The normalized spacial score (nSPS) is 21.6. The number of ether oxygens (including phenoxy) is 4. The van der Waals surface area contributed by atoms with Crippen molar-refractivity contribution in [1.29, 1.82) is 0 Å². The van der Waals surface area contributed by atoms with E-state index in [4.69, 9.17) is 18.9 Å². The molecule has 25 heavy (non-hydrogen) atoms. The van der Waals surface area contributed by atoms with Crippen molar-refractivity contribution in [3.05, 3.63) is 48.5 Å². The monoisotopic (exact) mass is 362 g/mol. The van der Waals surface area contributed by atoms with E-state index in [0.29, 0.717) is 25.6 Å². The van der Waals surface area contributed by atoms with Gasteiger partial charge in [-0.2, -0.15) is 0 Å². The Kier molecular flexibility index (Phi) is 4.37. The number of rotatable bonds is 8. The minimum atomic E-state index is -3.72. The fourth-order valence-corrected chi connectivity index (χ4v) is 3.81. The molecule has 7 heteroatoms. The summed E-state index contributed by atoms with van der Waals surface area (Å²) in [5, 5.41) is 0. The van der Waals surface area contributed by atoms with E-state index < -0.39 is 9.84 Å². The topological polar surface area (TPSA) is 77.7 Å². The second-order valence-electron chi connectivity index (χ2n) is 5.93. The second kappa shape index (κ2) is 6.67. The van der Waals surface area contributed by atoms with Crippen LogP contribution in [0.5, 0.6) is 11.5 Å². The number of hydrogen-bond acceptors (Lipinski definition) is 6. The largest absolute Gasteiger partial charge is 0.487 e. The van der Waals surface area contributed by atoms with Gasteiger partial charge in [-0.05, 0) is 24.3 Å². The van der Waals surface area contributed by atoms with Crippen molar-refractivity contribution in [3.63, 3.8) is 0 Å². The molecule has 0 N–H and O–H groups in total. The Morgan fingerprint density at radius 3 is 2.16 bits per heavy atom. The van der Waals surface area contributed by atoms with Crippen LogP contribution in [0.1, 0.15) is 0 Å². The van der Waals surface area contributed by atoms with E-state index in [1.807, 2.05) is 0 Å². The molecule has 132 valence electrons. The van der Waals surface area contributed by atoms with E-state index in [9.17, 15) is 8.42 Å². The van der Waals surface area contributed by atoms with Gasteiger partial charge in [0.25, 0.3) is 0 Å². The summed E-state index contributed by atoms with van der Waals surface area (Å²) in [6.07, 6.45) is 0.0705. The van der Waals surface area contributed by atoms with E-state index in [1.54, 1.807) is 42.5 Å². The number of epoxide rings is 2. The Hall–Kier alpha value is -2.09. The van der Waals surface area contributed by atoms with Crippen LogP contribution in [0, 0.1) is 0 Å². The molecule has 6 nitrogen and oxygen atoms in total. The second-order valence-corrected chi connectivity index (χ2v) is 7.85. The Morgan fingerprint density at radius 1 is 0.880 bits per heavy atom. The predicted molar refractivity (Wildman–Crippen MR) is 88.8 cm³/mol. The van der Waals surface area contributed by atoms with Crippen molar-refractivity contribution in [1.82, 2.24) is 0 Å². The van der Waals surface area contributed by atoms with Gasteiger partial charge in [0.1, 0.15) is 30.3 Å². The van der Waals surface area contributed by atoms with Crippen molar-refractivity contribution in [2.45, 2.75) is 22.0 Å². The number of benzene rings is 2. The molecule has 0 bridgehead atoms. The number of para-hydroxylation sites is 1. The molecule has 0 saturated carbocycles. The summed E-state index contributed by atoms with van der Waals surface area (Å²) in [6, 6.07) is 13.2. The van der Waals surface area contributed by atoms with Crippen LogP contribution >= 0.6 is 0 Å². The van der Waals surface area contributed by atoms with E-state index in [0.717, 1.165) is 0 Å². The molecule has 0 amide bonds. The Bertz CT molecular complexity index is 841. The summed E-state index contributed by atoms with van der Waals surface area (Å²) in [5.41, 5.74) is 0. The average Bonchev–Trinajstić information content (AvgIpc) is 3.54. The first kappa shape index (κ1) is 16.4. The highest BCUT2D eigenvalue weighted by Crippen LogP contribution is 2.38. The first-order valence-corrected chi connectivity index (χ1v) is 9.55. The van der Waals surface area contributed by atoms with Crippen LogP contribution in [0.4, 0.5) is 0 Å². The van der Waals surface area contributed by atoms with Crippen LogP contribution in [-0.2, 0) is 19.3 Å². The third-order valence-corrected chi connectivity index (χ3v) is 5.72. The molecule has 2 fully saturated rings. The molecule has 4 rings (SSSR count). The molecule has 2 aromatic rings. The van der Waals surface area contributed by atoms with Gasteiger partial charge >= 0.3 is 0 Å². The first-order valence-electron chi connectivity index (χ1n) is 8.06. The summed E-state index contributed by atoms with van der Waals surface area (Å²) < 4.78 is 47.9. The molecule has 0 aromatic heterocycles. The van der Waals surface area contributed by atoms with Crippen molar-refractivity contribution < 1.29 is 27.4 Å². The van der Waals surface area contributed by atoms with Crippen LogP contribution in [0.2, 0.25) is 0 Å². The van der Waals surface area contributed by atoms with Gasteiger partial charge in [-0.3, -0.25) is 0 Å². The maximum absolute atomic E-state index is 13.0. The van der Waals surface area contributed by atoms with Gasteiger partial charge in [0, 0.05) is 0 Å². The van der Waals surface area contributed by atoms with E-state index >= 15 is 0 Å². The molecule has 2 unspecified atom stereocenters. The summed E-state index contributed by atoms with van der Waals surface area (Å²) >= 11 is 0. The highest BCUT2D eigenvalue weighted by atomic mass is 32.2. The quantitative estimate of drug-likeness (QED) is 0.669. The molecule has 2 aromatic carbocycles. The number of hydrogen-bond donors (Lipinski definition) is 0. The maximum Gasteiger partial charge on any atom is 0.210 e. The van der Waals surface area contributed by atoms with Crippen LogP contribution < -0.4 is 9.47 Å². The van der Waals surface area contributed by atoms with Crippen molar-refractivity contribution in [2.24, 2.45) is 0 Å². The zero-order chi connectivity index (χ0) is 17.3. The molecular formula is C18H18O6S. The van der Waals surface area contributed by atoms with Crippen LogP contribution in [0.25, 0.3) is 0 Å². The highest BCUT2D eigenvalue weighted by Gasteiger charge is 2.30. The van der Waals surface area contributed by atoms with Gasteiger partial charge in [-0.25, -0.2) is 8.42 Å². The van der Waals surface area contributed by atoms with E-state index in [2.05, 4.69) is 0 Å². The van der Waals surface area contributed by atoms with Gasteiger partial charge in [-0.15, -0.1) is 0 Å². The number of sulfone groups is 1. The SMILES string of the molecule is O=S(=O)(c1ccccc1)c1cccc(OCC2CO2)c1OCC1CO1. The van der Waals surface area contributed by atoms with Gasteiger partial charge in [0.15, 0.2) is 11.5 Å². The van der Waals surface area contributed by atoms with Crippen molar-refractivity contribution in [3.8, 4) is 11.5 Å². The van der Waals surface area contributed by atoms with E-state index in [-0.39, 0.29) is 34.4 Å². The lowest BCUT2D eigenvalue weighted by Gasteiger charge is -2.16. The molecular weight excluding hydrogens is 344 g/mol. The summed E-state index contributed by atoms with van der Waals surface area (Å²) in [4.78, 5) is 0.304. The standard InChI is InChI=1S/C18H18O6S/c19-25(20,15-5-2-1-3-6-15)17-8-4-7-16(23-11-13-9-21-13)18(17)24-12-14-10-22-14/h1-8,13-14H,9-12H2. The molecule has 0 aliphatic carbocycles. The molecule has 2 atom stereocenters. The van der Waals surface area contributed by atoms with Gasteiger partial charge < -0.3 is 18.9 Å². The molecule has 2 saturated heterocycles. The lowest BCUT2D eigenvalue weighted by atomic mass is 10.3. The molecule has 2 aliphatic heterocycles. The lowest BCUT2D eigenvalue weighted by molar-refractivity contribution is 0.224. The Balaban J connectivity index is 1.70. The molecule has 2 heterocycles. The third-order valence-electron chi connectivity index (χ3n) is 3.93. The van der Waals surface area contributed by atoms with Gasteiger partial charge in [0.05, 0.1) is 18.1 Å². The lowest BCUT2D eigenvalue weighted by Crippen LogP contribution is -2.12. The van der Waals surface area contributed by atoms with Gasteiger partial charge in [-0.1, -0.05) is 24.3 Å². The fourth-order valence-electron chi connectivity index (χ4n) is 2.38. The molecule has 0 spiro atoms. The minimum Gasteiger partial charge on any atom is -0.487 e. The van der Waals surface area contributed by atoms with Crippen molar-refractivity contribution >= 4 is 9.84 Å². The fraction of sp³-hybridized carbons (Fsp3) is 0.333. The maximum atomic E-state index is 13.0. The van der Waals surface area contributed by atoms with Crippen LogP contribution in [-0.4, -0.2) is 47.1 Å². The van der Waals surface area contributed by atoms with E-state index in [1.165, 1.54) is 6.07 Å². The zero-order valence-corrected chi connectivity index (χ0v) is 14.3. The minimum absolute atomic E-state index is 0.00657. The summed E-state index contributed by atoms with van der Waals surface area (Å²) in [7, 11) is -3.72. The predicted octanol–water partition coefficient (Wildman–Crippen LogP) is 2.07. The summed E-state index contributed by atoms with van der Waals surface area (Å²) in [6.45, 7) is 1.94. The smallest absolute Gasteiger partial charge is 0.210 e. The molecule has 2 aliphatic rings. The summed E-state index contributed by atoms with van der Waals surface area (Å²) in [5.74, 6) is 0.621. The van der Waals surface area contributed by atoms with Gasteiger partial charge in [0.2, 0.25) is 9.84 Å². The first-order chi connectivity index (χ1) is 12.1. The van der Waals surface area contributed by atoms with Crippen LogP contribution in [0.3, 0.4) is 0 Å².